The lowest BCUT2D eigenvalue weighted by Gasteiger charge is -2.16. The van der Waals surface area contributed by atoms with Crippen LogP contribution in [0.5, 0.6) is 5.88 Å². The van der Waals surface area contributed by atoms with Crippen molar-refractivity contribution in [3.8, 4) is 28.4 Å². The molecule has 0 spiro atoms. The van der Waals surface area contributed by atoms with Gasteiger partial charge in [-0.2, -0.15) is 18.3 Å². The number of rotatable bonds is 6. The first-order chi connectivity index (χ1) is 19.0. The minimum absolute atomic E-state index is 0.0804. The van der Waals surface area contributed by atoms with Crippen molar-refractivity contribution >= 4 is 11.6 Å². The minimum atomic E-state index is -4.89. The summed E-state index contributed by atoms with van der Waals surface area (Å²) in [5.74, 6) is -2.67. The van der Waals surface area contributed by atoms with Crippen LogP contribution in [-0.2, 0) is 19.8 Å². The van der Waals surface area contributed by atoms with E-state index < -0.39 is 40.3 Å². The number of carbonyl (C=O) groups excluding carboxylic acids is 1. The highest BCUT2D eigenvalue weighted by Gasteiger charge is 2.36. The number of nitrogens with one attached hydrogen (secondary N) is 2. The number of aromatic hydroxyl groups is 1. The second kappa shape index (κ2) is 10.2. The van der Waals surface area contributed by atoms with Crippen molar-refractivity contribution in [3.05, 3.63) is 106 Å². The van der Waals surface area contributed by atoms with E-state index in [1.165, 1.54) is 36.1 Å². The van der Waals surface area contributed by atoms with Crippen LogP contribution in [0, 0.1) is 5.82 Å². The van der Waals surface area contributed by atoms with E-state index in [1.54, 1.807) is 30.3 Å². The molecule has 3 heterocycles. The zero-order valence-corrected chi connectivity index (χ0v) is 20.7. The van der Waals surface area contributed by atoms with Gasteiger partial charge in [0.25, 0.3) is 5.91 Å². The third kappa shape index (κ3) is 5.21. The van der Waals surface area contributed by atoms with E-state index in [2.05, 4.69) is 20.4 Å². The molecule has 0 unspecified atom stereocenters. The lowest BCUT2D eigenvalue weighted by Crippen LogP contribution is -2.19. The fourth-order valence-electron chi connectivity index (χ4n) is 4.15. The molecule has 0 atom stereocenters. The van der Waals surface area contributed by atoms with Gasteiger partial charge < -0.3 is 15.4 Å². The summed E-state index contributed by atoms with van der Waals surface area (Å²) < 4.78 is 58.4. The van der Waals surface area contributed by atoms with E-state index in [0.717, 1.165) is 16.8 Å². The maximum atomic E-state index is 14.9. The van der Waals surface area contributed by atoms with Gasteiger partial charge in [-0.1, -0.05) is 30.3 Å². The number of aromatic nitrogens is 5. The van der Waals surface area contributed by atoms with Gasteiger partial charge in [-0.3, -0.25) is 14.0 Å². The molecule has 0 bridgehead atoms. The summed E-state index contributed by atoms with van der Waals surface area (Å²) in [4.78, 5) is 32.1. The summed E-state index contributed by atoms with van der Waals surface area (Å²) >= 11 is 0. The number of alkyl halides is 3. The van der Waals surface area contributed by atoms with Gasteiger partial charge in [0.05, 0.1) is 46.6 Å². The normalized spacial score (nSPS) is 11.5. The average Bonchev–Trinajstić information content (AvgIpc) is 3.49. The first kappa shape index (κ1) is 26.4. The van der Waals surface area contributed by atoms with Crippen LogP contribution in [0.1, 0.15) is 21.6 Å². The number of carbonyl (C=O) groups is 1. The molecule has 5 rings (SSSR count). The largest absolute Gasteiger partial charge is 0.493 e. The molecule has 3 aromatic heterocycles. The zero-order valence-electron chi connectivity index (χ0n) is 20.7. The first-order valence-electron chi connectivity index (χ1n) is 11.8. The monoisotopic (exact) mass is 552 g/mol. The van der Waals surface area contributed by atoms with Gasteiger partial charge in [-0.15, -0.1) is 0 Å². The number of nitrogens with zero attached hydrogens (tertiary/aromatic N) is 4. The Kier molecular flexibility index (Phi) is 6.71. The molecular weight excluding hydrogens is 532 g/mol. The van der Waals surface area contributed by atoms with E-state index in [1.807, 2.05) is 0 Å². The van der Waals surface area contributed by atoms with Gasteiger partial charge in [0.15, 0.2) is 0 Å². The Morgan fingerprint density at radius 3 is 2.48 bits per heavy atom. The molecule has 0 fully saturated rings. The Bertz CT molecular complexity index is 1770. The van der Waals surface area contributed by atoms with Crippen LogP contribution in [0.4, 0.5) is 23.2 Å². The molecule has 2 aromatic carbocycles. The van der Waals surface area contributed by atoms with Crippen LogP contribution in [0.3, 0.4) is 0 Å². The quantitative estimate of drug-likeness (QED) is 0.262. The highest BCUT2D eigenvalue weighted by Crippen LogP contribution is 2.38. The van der Waals surface area contributed by atoms with Gasteiger partial charge in [0, 0.05) is 24.4 Å². The summed E-state index contributed by atoms with van der Waals surface area (Å²) in [6.45, 7) is -0.0941. The zero-order chi connectivity index (χ0) is 28.6. The lowest BCUT2D eigenvalue weighted by atomic mass is 9.99. The summed E-state index contributed by atoms with van der Waals surface area (Å²) in [5, 5.41) is 16.4. The molecule has 0 saturated heterocycles. The van der Waals surface area contributed by atoms with E-state index in [0.29, 0.717) is 11.3 Å². The summed E-state index contributed by atoms with van der Waals surface area (Å²) in [6, 6.07) is 14.0. The molecule has 5 aromatic rings. The van der Waals surface area contributed by atoms with Gasteiger partial charge in [0.2, 0.25) is 5.88 Å². The van der Waals surface area contributed by atoms with Crippen molar-refractivity contribution in [1.82, 2.24) is 24.3 Å². The molecular formula is C27H20F4N6O3. The van der Waals surface area contributed by atoms with E-state index >= 15 is 0 Å². The number of pyridine rings is 1. The molecule has 204 valence electrons. The van der Waals surface area contributed by atoms with Gasteiger partial charge in [-0.05, 0) is 30.3 Å². The molecule has 40 heavy (non-hydrogen) atoms. The highest BCUT2D eigenvalue weighted by molar-refractivity contribution is 6.07. The maximum Gasteiger partial charge on any atom is 0.417 e. The third-order valence-electron chi connectivity index (χ3n) is 6.06. The van der Waals surface area contributed by atoms with Crippen molar-refractivity contribution in [1.29, 1.82) is 0 Å². The molecule has 13 heteroatoms. The number of aromatic amines is 1. The number of benzene rings is 2. The van der Waals surface area contributed by atoms with Crippen molar-refractivity contribution in [2.24, 2.45) is 7.05 Å². The Balaban J connectivity index is 1.55. The molecule has 0 saturated carbocycles. The second-order valence-corrected chi connectivity index (χ2v) is 8.81. The third-order valence-corrected chi connectivity index (χ3v) is 6.06. The molecule has 0 aliphatic rings. The Morgan fingerprint density at radius 1 is 1.10 bits per heavy atom. The number of H-pyrrole nitrogens is 1. The van der Waals surface area contributed by atoms with Gasteiger partial charge in [-0.25, -0.2) is 14.2 Å². The summed E-state index contributed by atoms with van der Waals surface area (Å²) in [7, 11) is 1.52. The van der Waals surface area contributed by atoms with Crippen LogP contribution in [0.25, 0.3) is 22.5 Å². The van der Waals surface area contributed by atoms with Crippen LogP contribution in [-0.4, -0.2) is 35.3 Å². The fourth-order valence-corrected chi connectivity index (χ4v) is 4.15. The number of aryl methyl sites for hydroxylation is 1. The van der Waals surface area contributed by atoms with Crippen LogP contribution in [0.2, 0.25) is 0 Å². The van der Waals surface area contributed by atoms with Crippen molar-refractivity contribution in [2.75, 3.05) is 5.32 Å². The Morgan fingerprint density at radius 2 is 1.85 bits per heavy atom. The van der Waals surface area contributed by atoms with Crippen molar-refractivity contribution in [2.45, 2.75) is 12.7 Å². The Hall–Kier alpha value is -5.20. The highest BCUT2D eigenvalue weighted by atomic mass is 19.4. The van der Waals surface area contributed by atoms with Gasteiger partial charge >= 0.3 is 11.9 Å². The van der Waals surface area contributed by atoms with Gasteiger partial charge in [0.1, 0.15) is 5.82 Å². The first-order valence-corrected chi connectivity index (χ1v) is 11.8. The van der Waals surface area contributed by atoms with Crippen molar-refractivity contribution in [3.63, 3.8) is 0 Å². The fraction of sp³-hybridized carbons (Fsp3) is 0.111. The predicted molar refractivity (Wildman–Crippen MR) is 137 cm³/mol. The minimum Gasteiger partial charge on any atom is -0.493 e. The second-order valence-electron chi connectivity index (χ2n) is 8.81. The van der Waals surface area contributed by atoms with E-state index in [-0.39, 0.29) is 35.6 Å². The van der Waals surface area contributed by atoms with Crippen LogP contribution in [0.15, 0.2) is 77.9 Å². The molecule has 9 nitrogen and oxygen atoms in total. The van der Waals surface area contributed by atoms with Crippen LogP contribution >= 0.6 is 0 Å². The van der Waals surface area contributed by atoms with Crippen molar-refractivity contribution < 1.29 is 27.5 Å². The molecule has 0 radical (unpaired) electrons. The number of halogens is 4. The smallest absolute Gasteiger partial charge is 0.417 e. The number of anilines is 1. The summed E-state index contributed by atoms with van der Waals surface area (Å²) in [5.41, 5.74) is -1.66. The topological polar surface area (TPSA) is 118 Å². The molecule has 1 amide bonds. The number of hydrogen-bond donors (Lipinski definition) is 3. The molecule has 3 N–H and O–H groups in total. The standard InChI is InChI=1S/C27H20F4N6O3/c1-36-10-9-21(35-36)17-11-18(20(28)12-19(17)27(29,30)31)25(39)34-22-8-7-16(14-37-23(38)13-32-26(37)40)33-24(22)15-5-3-2-4-6-15/h2-13,38H,14H2,1H3,(H,32,40)(H,34,39). The lowest BCUT2D eigenvalue weighted by molar-refractivity contribution is -0.137. The predicted octanol–water partition coefficient (Wildman–Crippen LogP) is 4.80. The van der Waals surface area contributed by atoms with Crippen LogP contribution < -0.4 is 11.0 Å². The van der Waals surface area contributed by atoms with E-state index in [4.69, 9.17) is 0 Å². The summed E-state index contributed by atoms with van der Waals surface area (Å²) in [6.07, 6.45) is -2.33. The number of amides is 1. The Labute approximate surface area is 223 Å². The SMILES string of the molecule is Cn1ccc(-c2cc(C(=O)Nc3ccc(Cn4c(O)c[nH]c4=O)nc3-c3ccccc3)c(F)cc2C(F)(F)F)n1. The van der Waals surface area contributed by atoms with E-state index in [9.17, 15) is 32.3 Å². The number of hydrogen-bond acceptors (Lipinski definition) is 5. The maximum absolute atomic E-state index is 14.9. The molecule has 0 aliphatic heterocycles. The molecule has 0 aliphatic carbocycles. The average molecular weight is 552 g/mol. The number of imidazole rings is 1.